The van der Waals surface area contributed by atoms with Crippen molar-refractivity contribution in [2.45, 2.75) is 18.6 Å². The first kappa shape index (κ1) is 6.98. The molecule has 3 heteroatoms. The van der Waals surface area contributed by atoms with Gasteiger partial charge in [-0.1, -0.05) is 13.0 Å². The Morgan fingerprint density at radius 3 is 3.18 bits per heavy atom. The Morgan fingerprint density at radius 2 is 2.64 bits per heavy atom. The lowest BCUT2D eigenvalue weighted by molar-refractivity contribution is 1.00. The molecule has 1 aromatic heterocycles. The molecule has 1 aliphatic rings. The highest BCUT2D eigenvalue weighted by Gasteiger charge is 2.14. The van der Waals surface area contributed by atoms with Crippen molar-refractivity contribution in [3.8, 4) is 0 Å². The van der Waals surface area contributed by atoms with Crippen LogP contribution in [0.25, 0.3) is 4.91 Å². The third-order valence-electron chi connectivity index (χ3n) is 1.75. The largest absolute Gasteiger partial charge is 0.285 e. The Labute approximate surface area is 70.1 Å². The Morgan fingerprint density at radius 1 is 1.73 bits per heavy atom. The van der Waals surface area contributed by atoms with Crippen LogP contribution < -0.4 is 0 Å². The minimum Gasteiger partial charge on any atom is -0.285 e. The lowest BCUT2D eigenvalue weighted by Crippen LogP contribution is -1.84. The molecule has 1 N–H and O–H groups in total. The molecule has 0 amide bonds. The summed E-state index contributed by atoms with van der Waals surface area (Å²) in [6.45, 7) is 2.24. The molecule has 0 fully saturated rings. The van der Waals surface area contributed by atoms with Gasteiger partial charge in [0.2, 0.25) is 0 Å². The van der Waals surface area contributed by atoms with Gasteiger partial charge in [-0.2, -0.15) is 5.10 Å². The van der Waals surface area contributed by atoms with Gasteiger partial charge in [-0.15, -0.1) is 11.8 Å². The van der Waals surface area contributed by atoms with E-state index in [2.05, 4.69) is 23.2 Å². The van der Waals surface area contributed by atoms with Gasteiger partial charge in [0.05, 0.1) is 6.20 Å². The average molecular weight is 166 g/mol. The molecule has 0 saturated carbocycles. The molecule has 0 saturated heterocycles. The monoisotopic (exact) mass is 166 g/mol. The number of allylic oxidation sites excluding steroid dienone is 1. The van der Waals surface area contributed by atoms with Crippen LogP contribution in [0.3, 0.4) is 0 Å². The van der Waals surface area contributed by atoms with Crippen LogP contribution in [0, 0.1) is 0 Å². The second kappa shape index (κ2) is 2.74. The second-order valence-electron chi connectivity index (χ2n) is 2.72. The molecule has 2 rings (SSSR count). The molecule has 0 bridgehead atoms. The fourth-order valence-electron chi connectivity index (χ4n) is 1.16. The fraction of sp³-hybridized carbons (Fsp3) is 0.375. The van der Waals surface area contributed by atoms with Crippen molar-refractivity contribution in [2.24, 2.45) is 0 Å². The van der Waals surface area contributed by atoms with Gasteiger partial charge < -0.3 is 0 Å². The Kier molecular flexibility index (Phi) is 1.74. The molecule has 1 unspecified atom stereocenters. The van der Waals surface area contributed by atoms with E-state index in [1.807, 2.05) is 24.2 Å². The summed E-state index contributed by atoms with van der Waals surface area (Å²) in [6.07, 6.45) is 7.28. The molecule has 2 nitrogen and oxygen atoms in total. The Hall–Kier alpha value is -0.700. The van der Waals surface area contributed by atoms with E-state index in [0.717, 1.165) is 5.25 Å². The minimum absolute atomic E-state index is 0.736. The summed E-state index contributed by atoms with van der Waals surface area (Å²) in [7, 11) is 0. The summed E-state index contributed by atoms with van der Waals surface area (Å²) in [4.78, 5) is 1.37. The number of hydrogen-bond donors (Lipinski definition) is 1. The van der Waals surface area contributed by atoms with Crippen molar-refractivity contribution in [1.82, 2.24) is 10.2 Å². The number of rotatable bonds is 1. The quantitative estimate of drug-likeness (QED) is 0.693. The van der Waals surface area contributed by atoms with Crippen molar-refractivity contribution in [3.63, 3.8) is 0 Å². The zero-order valence-electron chi connectivity index (χ0n) is 6.37. The summed E-state index contributed by atoms with van der Waals surface area (Å²) in [5.41, 5.74) is 1.22. The highest BCUT2D eigenvalue weighted by molar-refractivity contribution is 8.09. The molecular weight excluding hydrogens is 156 g/mol. The van der Waals surface area contributed by atoms with E-state index >= 15 is 0 Å². The predicted molar refractivity (Wildman–Crippen MR) is 48.2 cm³/mol. The molecule has 1 aliphatic heterocycles. The summed E-state index contributed by atoms with van der Waals surface area (Å²) < 4.78 is 0. The zero-order chi connectivity index (χ0) is 7.68. The normalized spacial score (nSPS) is 23.7. The van der Waals surface area contributed by atoms with Gasteiger partial charge in [-0.25, -0.2) is 0 Å². The maximum Gasteiger partial charge on any atom is 0.0570 e. The third-order valence-corrected chi connectivity index (χ3v) is 3.00. The molecule has 0 radical (unpaired) electrons. The molecule has 0 spiro atoms. The van der Waals surface area contributed by atoms with Gasteiger partial charge in [0.1, 0.15) is 0 Å². The van der Waals surface area contributed by atoms with Crippen molar-refractivity contribution >= 4 is 16.7 Å². The van der Waals surface area contributed by atoms with E-state index in [4.69, 9.17) is 0 Å². The first-order valence-corrected chi connectivity index (χ1v) is 4.60. The molecule has 1 atom stereocenters. The molecular formula is C8H10N2S. The summed E-state index contributed by atoms with van der Waals surface area (Å²) in [5.74, 6) is 0. The summed E-state index contributed by atoms with van der Waals surface area (Å²) in [5, 5.41) is 7.47. The molecule has 11 heavy (non-hydrogen) atoms. The first-order valence-electron chi connectivity index (χ1n) is 3.72. The van der Waals surface area contributed by atoms with Crippen LogP contribution in [0.1, 0.15) is 18.9 Å². The number of hydrogen-bond acceptors (Lipinski definition) is 2. The van der Waals surface area contributed by atoms with Crippen LogP contribution in [0.15, 0.2) is 18.5 Å². The molecule has 2 heterocycles. The lowest BCUT2D eigenvalue weighted by atomic mass is 10.2. The number of H-pyrrole nitrogens is 1. The van der Waals surface area contributed by atoms with Crippen molar-refractivity contribution in [1.29, 1.82) is 0 Å². The highest BCUT2D eigenvalue weighted by atomic mass is 32.2. The van der Waals surface area contributed by atoms with Gasteiger partial charge in [0.25, 0.3) is 0 Å². The van der Waals surface area contributed by atoms with E-state index in [1.165, 1.54) is 16.9 Å². The Balaban J connectivity index is 2.19. The van der Waals surface area contributed by atoms with Gasteiger partial charge in [-0.3, -0.25) is 5.10 Å². The average Bonchev–Trinajstić information content (AvgIpc) is 2.55. The number of aromatic amines is 1. The number of aromatic nitrogens is 2. The smallest absolute Gasteiger partial charge is 0.0570 e. The van der Waals surface area contributed by atoms with E-state index < -0.39 is 0 Å². The van der Waals surface area contributed by atoms with Crippen LogP contribution in [-0.4, -0.2) is 15.4 Å². The third kappa shape index (κ3) is 1.33. The molecule has 1 aromatic rings. The maximum absolute atomic E-state index is 3.91. The number of nitrogens with zero attached hydrogens (tertiary/aromatic N) is 1. The van der Waals surface area contributed by atoms with Gasteiger partial charge in [-0.05, 0) is 6.42 Å². The minimum atomic E-state index is 0.736. The lowest BCUT2D eigenvalue weighted by Gasteiger charge is -1.99. The van der Waals surface area contributed by atoms with E-state index in [1.54, 1.807) is 0 Å². The van der Waals surface area contributed by atoms with Gasteiger partial charge in [0.15, 0.2) is 0 Å². The summed E-state index contributed by atoms with van der Waals surface area (Å²) in [6, 6.07) is 0. The first-order chi connectivity index (χ1) is 5.36. The second-order valence-corrected chi connectivity index (χ2v) is 4.20. The van der Waals surface area contributed by atoms with Crippen molar-refractivity contribution in [3.05, 3.63) is 24.0 Å². The highest BCUT2D eigenvalue weighted by Crippen LogP contribution is 2.38. The van der Waals surface area contributed by atoms with Crippen LogP contribution in [0.2, 0.25) is 0 Å². The van der Waals surface area contributed by atoms with Crippen LogP contribution in [0.4, 0.5) is 0 Å². The van der Waals surface area contributed by atoms with E-state index in [9.17, 15) is 0 Å². The van der Waals surface area contributed by atoms with E-state index in [-0.39, 0.29) is 0 Å². The predicted octanol–water partition coefficient (Wildman–Crippen LogP) is 2.28. The fourth-order valence-corrected chi connectivity index (χ4v) is 2.22. The molecule has 0 aliphatic carbocycles. The van der Waals surface area contributed by atoms with E-state index in [0.29, 0.717) is 0 Å². The Bertz CT molecular complexity index is 264. The van der Waals surface area contributed by atoms with Gasteiger partial charge in [0, 0.05) is 21.9 Å². The SMILES string of the molecule is CC1CC=C(c2cn[nH]c2)S1. The molecule has 0 aromatic carbocycles. The van der Waals surface area contributed by atoms with Crippen LogP contribution in [0.5, 0.6) is 0 Å². The van der Waals surface area contributed by atoms with Crippen molar-refractivity contribution in [2.75, 3.05) is 0 Å². The topological polar surface area (TPSA) is 28.7 Å². The molecule has 58 valence electrons. The maximum atomic E-state index is 3.91. The van der Waals surface area contributed by atoms with Crippen LogP contribution >= 0.6 is 11.8 Å². The van der Waals surface area contributed by atoms with Crippen molar-refractivity contribution < 1.29 is 0 Å². The van der Waals surface area contributed by atoms with Gasteiger partial charge >= 0.3 is 0 Å². The zero-order valence-corrected chi connectivity index (χ0v) is 7.19. The van der Waals surface area contributed by atoms with Crippen LogP contribution in [-0.2, 0) is 0 Å². The number of nitrogens with one attached hydrogen (secondary N) is 1. The standard InChI is InChI=1S/C8H10N2S/c1-6-2-3-8(11-6)7-4-9-10-5-7/h3-6H,2H2,1H3,(H,9,10). The number of thioether (sulfide) groups is 1. The summed E-state index contributed by atoms with van der Waals surface area (Å²) >= 11 is 1.92.